The molecule has 1 saturated heterocycles. The van der Waals surface area contributed by atoms with Crippen LogP contribution in [0, 0.1) is 0 Å². The molecule has 0 aromatic heterocycles. The van der Waals surface area contributed by atoms with Gasteiger partial charge in [0.1, 0.15) is 6.61 Å². The Bertz CT molecular complexity index is 1070. The van der Waals surface area contributed by atoms with E-state index in [4.69, 9.17) is 30.9 Å². The van der Waals surface area contributed by atoms with Crippen molar-refractivity contribution < 1.29 is 33.7 Å². The summed E-state index contributed by atoms with van der Waals surface area (Å²) < 4.78 is 16.1. The zero-order valence-corrected chi connectivity index (χ0v) is 18.9. The van der Waals surface area contributed by atoms with Crippen molar-refractivity contribution in [1.29, 1.82) is 0 Å². The van der Waals surface area contributed by atoms with Gasteiger partial charge in [0.2, 0.25) is 0 Å². The van der Waals surface area contributed by atoms with Crippen molar-refractivity contribution in [2.75, 3.05) is 27.4 Å². The molecule has 2 aromatic rings. The molecule has 1 heterocycles. The van der Waals surface area contributed by atoms with Gasteiger partial charge in [-0.2, -0.15) is 0 Å². The largest absolute Gasteiger partial charge is 0.493 e. The molecule has 10 heteroatoms. The number of rotatable bonds is 9. The Balaban J connectivity index is 1.77. The van der Waals surface area contributed by atoms with Crippen molar-refractivity contribution >= 4 is 46.6 Å². The highest BCUT2D eigenvalue weighted by Crippen LogP contribution is 2.39. The van der Waals surface area contributed by atoms with Crippen molar-refractivity contribution in [3.05, 3.63) is 63.0 Å². The molecule has 0 atom stereocenters. The summed E-state index contributed by atoms with van der Waals surface area (Å²) in [5.74, 6) is -0.738. The molecule has 0 saturated carbocycles. The van der Waals surface area contributed by atoms with Gasteiger partial charge in [-0.3, -0.25) is 14.5 Å². The number of hydrogen-bond acceptors (Lipinski definition) is 7. The molecule has 32 heavy (non-hydrogen) atoms. The van der Waals surface area contributed by atoms with Gasteiger partial charge in [0, 0.05) is 7.11 Å². The second-order valence-corrected chi connectivity index (χ2v) is 8.05. The molecule has 1 fully saturated rings. The van der Waals surface area contributed by atoms with E-state index in [0.29, 0.717) is 17.1 Å². The van der Waals surface area contributed by atoms with Gasteiger partial charge in [-0.1, -0.05) is 23.7 Å². The molecular formula is C22H20ClNO7S. The minimum Gasteiger partial charge on any atom is -0.493 e. The van der Waals surface area contributed by atoms with Crippen LogP contribution in [0.15, 0.2) is 41.3 Å². The number of carbonyl (C=O) groups excluding carboxylic acids is 2. The van der Waals surface area contributed by atoms with Gasteiger partial charge in [-0.05, 0) is 53.2 Å². The highest BCUT2D eigenvalue weighted by Gasteiger charge is 2.34. The van der Waals surface area contributed by atoms with Gasteiger partial charge >= 0.3 is 5.97 Å². The van der Waals surface area contributed by atoms with Crippen LogP contribution in [-0.4, -0.2) is 54.5 Å². The van der Waals surface area contributed by atoms with E-state index in [9.17, 15) is 14.4 Å². The Morgan fingerprint density at radius 2 is 1.91 bits per heavy atom. The topological polar surface area (TPSA) is 102 Å². The average Bonchev–Trinajstić information content (AvgIpc) is 3.03. The maximum atomic E-state index is 12.5. The van der Waals surface area contributed by atoms with Crippen LogP contribution in [0.4, 0.5) is 4.79 Å². The number of ether oxygens (including phenoxy) is 3. The number of halogens is 1. The van der Waals surface area contributed by atoms with Crippen LogP contribution in [0.1, 0.15) is 21.5 Å². The highest BCUT2D eigenvalue weighted by atomic mass is 35.5. The molecule has 3 rings (SSSR count). The molecule has 1 N–H and O–H groups in total. The van der Waals surface area contributed by atoms with Crippen LogP contribution in [0.2, 0.25) is 5.02 Å². The van der Waals surface area contributed by atoms with E-state index in [-0.39, 0.29) is 40.5 Å². The molecule has 0 spiro atoms. The van der Waals surface area contributed by atoms with Gasteiger partial charge in [0.25, 0.3) is 11.1 Å². The third-order valence-corrected chi connectivity index (χ3v) is 5.71. The normalized spacial score (nSPS) is 14.8. The van der Waals surface area contributed by atoms with Gasteiger partial charge in [0.05, 0.1) is 35.8 Å². The molecule has 8 nitrogen and oxygen atoms in total. The van der Waals surface area contributed by atoms with Gasteiger partial charge in [-0.15, -0.1) is 0 Å². The van der Waals surface area contributed by atoms with Crippen LogP contribution in [-0.2, 0) is 16.1 Å². The van der Waals surface area contributed by atoms with Crippen LogP contribution in [0.3, 0.4) is 0 Å². The molecule has 0 bridgehead atoms. The summed E-state index contributed by atoms with van der Waals surface area (Å²) in [5.41, 5.74) is 1.50. The molecule has 2 amide bonds. The summed E-state index contributed by atoms with van der Waals surface area (Å²) in [4.78, 5) is 36.9. The first-order valence-corrected chi connectivity index (χ1v) is 10.6. The SMILES string of the molecule is COCCN1C(=O)S/C(=C/c2cc(Cl)c(OCc3ccc(C(=O)O)cc3)c(OC)c2)C1=O. The Labute approximate surface area is 193 Å². The first-order valence-electron chi connectivity index (χ1n) is 9.41. The molecule has 1 aliphatic rings. The first-order chi connectivity index (χ1) is 15.3. The van der Waals surface area contributed by atoms with Crippen molar-refractivity contribution in [3.63, 3.8) is 0 Å². The molecule has 0 radical (unpaired) electrons. The van der Waals surface area contributed by atoms with E-state index >= 15 is 0 Å². The lowest BCUT2D eigenvalue weighted by Gasteiger charge is -2.14. The predicted octanol–water partition coefficient (Wildman–Crippen LogP) is 4.31. The van der Waals surface area contributed by atoms with Crippen molar-refractivity contribution in [2.45, 2.75) is 6.61 Å². The number of aromatic carboxylic acids is 1. The number of nitrogens with zero attached hydrogens (tertiary/aromatic N) is 1. The summed E-state index contributed by atoms with van der Waals surface area (Å²) in [6.45, 7) is 0.590. The summed E-state index contributed by atoms with van der Waals surface area (Å²) >= 11 is 7.24. The zero-order chi connectivity index (χ0) is 23.3. The van der Waals surface area contributed by atoms with Gasteiger partial charge in [0.15, 0.2) is 11.5 Å². The number of methoxy groups -OCH3 is 2. The van der Waals surface area contributed by atoms with E-state index in [1.54, 1.807) is 30.3 Å². The number of benzene rings is 2. The molecule has 0 aliphatic carbocycles. The Hall–Kier alpha value is -3.01. The number of imide groups is 1. The number of thioether (sulfide) groups is 1. The van der Waals surface area contributed by atoms with Crippen LogP contribution >= 0.6 is 23.4 Å². The van der Waals surface area contributed by atoms with Crippen LogP contribution in [0.5, 0.6) is 11.5 Å². The van der Waals surface area contributed by atoms with E-state index in [0.717, 1.165) is 22.2 Å². The first kappa shape index (κ1) is 23.6. The maximum absolute atomic E-state index is 12.5. The summed E-state index contributed by atoms with van der Waals surface area (Å²) in [6.07, 6.45) is 1.57. The van der Waals surface area contributed by atoms with Crippen molar-refractivity contribution in [2.24, 2.45) is 0 Å². The average molecular weight is 478 g/mol. The maximum Gasteiger partial charge on any atom is 0.335 e. The van der Waals surface area contributed by atoms with E-state index in [1.807, 2.05) is 0 Å². The van der Waals surface area contributed by atoms with Gasteiger partial charge in [-0.25, -0.2) is 4.79 Å². The molecular weight excluding hydrogens is 458 g/mol. The van der Waals surface area contributed by atoms with E-state index in [2.05, 4.69) is 0 Å². The monoisotopic (exact) mass is 477 g/mol. The highest BCUT2D eigenvalue weighted by molar-refractivity contribution is 8.18. The van der Waals surface area contributed by atoms with Crippen molar-refractivity contribution in [3.8, 4) is 11.5 Å². The molecule has 2 aromatic carbocycles. The Morgan fingerprint density at radius 1 is 1.19 bits per heavy atom. The lowest BCUT2D eigenvalue weighted by atomic mass is 10.1. The van der Waals surface area contributed by atoms with E-state index in [1.165, 1.54) is 26.4 Å². The fourth-order valence-corrected chi connectivity index (χ4v) is 4.03. The molecule has 0 unspecified atom stereocenters. The van der Waals surface area contributed by atoms with Crippen LogP contribution < -0.4 is 9.47 Å². The number of carbonyl (C=O) groups is 3. The summed E-state index contributed by atoms with van der Waals surface area (Å²) in [7, 11) is 2.96. The smallest absolute Gasteiger partial charge is 0.335 e. The Morgan fingerprint density at radius 3 is 2.53 bits per heavy atom. The second kappa shape index (κ2) is 10.5. The number of carboxylic acids is 1. The van der Waals surface area contributed by atoms with Crippen LogP contribution in [0.25, 0.3) is 6.08 Å². The standard InChI is InChI=1S/C22H20ClNO7S/c1-29-8-7-24-20(25)18(32-22(24)28)11-14-9-16(23)19(17(10-14)30-2)31-12-13-3-5-15(6-4-13)21(26)27/h3-6,9-11H,7-8,12H2,1-2H3,(H,26,27)/b18-11+. The predicted molar refractivity (Wildman–Crippen MR) is 120 cm³/mol. The lowest BCUT2D eigenvalue weighted by molar-refractivity contribution is -0.123. The number of hydrogen-bond donors (Lipinski definition) is 1. The second-order valence-electron chi connectivity index (χ2n) is 6.65. The van der Waals surface area contributed by atoms with E-state index < -0.39 is 11.9 Å². The third-order valence-electron chi connectivity index (χ3n) is 4.53. The number of carboxylic acid groups (broad SMARTS) is 1. The lowest BCUT2D eigenvalue weighted by Crippen LogP contribution is -2.31. The molecule has 1 aliphatic heterocycles. The summed E-state index contributed by atoms with van der Waals surface area (Å²) in [5, 5.41) is 8.88. The molecule has 168 valence electrons. The third kappa shape index (κ3) is 5.42. The Kier molecular flexibility index (Phi) is 7.79. The van der Waals surface area contributed by atoms with Crippen molar-refractivity contribution in [1.82, 2.24) is 4.90 Å². The fraction of sp³-hybridized carbons (Fsp3) is 0.227. The zero-order valence-electron chi connectivity index (χ0n) is 17.3. The summed E-state index contributed by atoms with van der Waals surface area (Å²) in [6, 6.07) is 9.54. The minimum absolute atomic E-state index is 0.147. The minimum atomic E-state index is -1.01. The number of amides is 2. The fourth-order valence-electron chi connectivity index (χ4n) is 2.89. The quantitative estimate of drug-likeness (QED) is 0.533. The van der Waals surface area contributed by atoms with Gasteiger partial charge < -0.3 is 19.3 Å².